The highest BCUT2D eigenvalue weighted by atomic mass is 16.3. The van der Waals surface area contributed by atoms with Crippen LogP contribution in [-0.4, -0.2) is 37.6 Å². The highest BCUT2D eigenvalue weighted by Crippen LogP contribution is 2.43. The Kier molecular flexibility index (Phi) is 9.44. The molecule has 9 rings (SSSR count). The van der Waals surface area contributed by atoms with Gasteiger partial charge in [0.1, 0.15) is 18.8 Å². The van der Waals surface area contributed by atoms with Crippen LogP contribution in [0.1, 0.15) is 30.9 Å². The van der Waals surface area contributed by atoms with Crippen LogP contribution in [0.2, 0.25) is 5.82 Å². The van der Waals surface area contributed by atoms with Gasteiger partial charge in [-0.15, -0.1) is 0 Å². The van der Waals surface area contributed by atoms with Crippen LogP contribution in [0.5, 0.6) is 0 Å². The summed E-state index contributed by atoms with van der Waals surface area (Å²) in [6, 6.07) is 46.4. The van der Waals surface area contributed by atoms with E-state index in [0.29, 0.717) is 11.1 Å². The maximum Gasteiger partial charge on any atom is 0.143 e. The van der Waals surface area contributed by atoms with Crippen molar-refractivity contribution in [3.05, 3.63) is 184 Å². The molecule has 4 nitrogen and oxygen atoms in total. The average Bonchev–Trinajstić information content (AvgIpc) is 3.50. The third kappa shape index (κ3) is 6.36. The summed E-state index contributed by atoms with van der Waals surface area (Å²) >= 11 is 0. The van der Waals surface area contributed by atoms with Crippen molar-refractivity contribution in [3.8, 4) is 22.3 Å². The predicted molar refractivity (Wildman–Crippen MR) is 238 cm³/mol. The van der Waals surface area contributed by atoms with E-state index in [1.807, 2.05) is 24.3 Å². The van der Waals surface area contributed by atoms with Crippen LogP contribution < -0.4 is 10.6 Å². The van der Waals surface area contributed by atoms with E-state index in [1.165, 1.54) is 11.1 Å². The van der Waals surface area contributed by atoms with Gasteiger partial charge in [-0.2, -0.15) is 0 Å². The van der Waals surface area contributed by atoms with E-state index >= 15 is 0 Å². The van der Waals surface area contributed by atoms with Crippen molar-refractivity contribution in [2.75, 3.05) is 6.61 Å². The number of rotatable bonds is 8. The lowest BCUT2D eigenvalue weighted by Crippen LogP contribution is -2.22. The predicted octanol–water partition coefficient (Wildman–Crippen LogP) is 10.7. The molecule has 0 aliphatic heterocycles. The van der Waals surface area contributed by atoms with Gasteiger partial charge in [-0.1, -0.05) is 134 Å². The van der Waals surface area contributed by atoms with Crippen LogP contribution in [-0.2, 0) is 0 Å². The summed E-state index contributed by atoms with van der Waals surface area (Å²) in [7, 11) is 12.1. The molecule has 1 unspecified atom stereocenters. The summed E-state index contributed by atoms with van der Waals surface area (Å²) in [5, 5.41) is 40.2. The van der Waals surface area contributed by atoms with Gasteiger partial charge in [0.15, 0.2) is 0 Å². The number of benzene rings is 7. The lowest BCUT2D eigenvalue weighted by molar-refractivity contribution is 0.321. The summed E-state index contributed by atoms with van der Waals surface area (Å²) in [6.45, 7) is 1.18. The monoisotopic (exact) mass is 736 g/mol. The van der Waals surface area contributed by atoms with Crippen molar-refractivity contribution in [1.29, 1.82) is 0 Å². The van der Waals surface area contributed by atoms with Gasteiger partial charge in [0.05, 0.1) is 26.0 Å². The molecule has 0 amide bonds. The molecule has 0 spiro atoms. The molecule has 0 saturated heterocycles. The smallest absolute Gasteiger partial charge is 0.143 e. The number of aliphatic hydroxyl groups is 3. The standard InChI is InChI=1S/C51H38B2O4/c1-30(52)50(56)43(28-45(55)44(53)29-54)33-14-11-15-35(27-33)47-37-16-5-7-18-39(37)48(40-19-8-6-17-38(40)47)41-20-9-10-21-46-49(41)42-25-23-34-26-32(31-12-3-2-4-13-31)22-24-36(34)51(42)57-46/h2-9,11-27,30,54-56H,10,28-29H2,1H3/b45-44-,50-43-. The minimum Gasteiger partial charge on any atom is -0.513 e. The minimum atomic E-state index is -0.691. The molecule has 3 N–H and O–H groups in total. The zero-order chi connectivity index (χ0) is 39.2. The first-order chi connectivity index (χ1) is 27.8. The first-order valence-corrected chi connectivity index (χ1v) is 19.2. The molecule has 6 heteroatoms. The third-order valence-corrected chi connectivity index (χ3v) is 11.1. The van der Waals surface area contributed by atoms with E-state index in [9.17, 15) is 15.3 Å². The molecule has 8 aromatic rings. The molecular weight excluding hydrogens is 698 g/mol. The van der Waals surface area contributed by atoms with Crippen molar-refractivity contribution in [1.82, 2.24) is 0 Å². The van der Waals surface area contributed by atoms with Crippen molar-refractivity contribution >= 4 is 76.2 Å². The maximum absolute atomic E-state index is 11.2. The number of aliphatic hydroxyl groups excluding tert-OH is 3. The van der Waals surface area contributed by atoms with E-state index < -0.39 is 12.4 Å². The quantitative estimate of drug-likeness (QED) is 0.0825. The third-order valence-electron chi connectivity index (χ3n) is 11.1. The zero-order valence-electron chi connectivity index (χ0n) is 31.5. The summed E-state index contributed by atoms with van der Waals surface area (Å²) in [5.41, 5.74) is 9.35. The van der Waals surface area contributed by atoms with E-state index in [-0.39, 0.29) is 23.4 Å². The minimum absolute atomic E-state index is 0.0598. The van der Waals surface area contributed by atoms with Crippen LogP contribution in [0.3, 0.4) is 0 Å². The Bertz CT molecular complexity index is 3060. The Balaban J connectivity index is 1.30. The Hall–Kier alpha value is -6.49. The van der Waals surface area contributed by atoms with Gasteiger partial charge < -0.3 is 19.7 Å². The molecule has 1 heterocycles. The van der Waals surface area contributed by atoms with Gasteiger partial charge in [-0.05, 0) is 108 Å². The van der Waals surface area contributed by atoms with Gasteiger partial charge >= 0.3 is 0 Å². The summed E-state index contributed by atoms with van der Waals surface area (Å²) in [4.78, 5) is 0. The van der Waals surface area contributed by atoms with Gasteiger partial charge in [-0.3, -0.25) is 0 Å². The normalized spacial score (nSPS) is 14.3. The molecule has 7 aromatic carbocycles. The fourth-order valence-electron chi connectivity index (χ4n) is 8.37. The molecule has 1 aliphatic rings. The topological polar surface area (TPSA) is 73.8 Å². The molecule has 1 atom stereocenters. The van der Waals surface area contributed by atoms with Crippen molar-refractivity contribution < 1.29 is 19.7 Å². The average molecular weight is 736 g/mol. The van der Waals surface area contributed by atoms with Crippen LogP contribution in [0.4, 0.5) is 0 Å². The molecule has 1 aromatic heterocycles. The van der Waals surface area contributed by atoms with E-state index in [1.54, 1.807) is 6.92 Å². The number of hydrogen-bond acceptors (Lipinski definition) is 4. The van der Waals surface area contributed by atoms with E-state index in [2.05, 4.69) is 127 Å². The summed E-state index contributed by atoms with van der Waals surface area (Å²) < 4.78 is 6.83. The first kappa shape index (κ1) is 36.2. The Labute approximate surface area is 333 Å². The highest BCUT2D eigenvalue weighted by molar-refractivity contribution is 6.22. The van der Waals surface area contributed by atoms with Crippen LogP contribution in [0, 0.1) is 0 Å². The fraction of sp³-hybridized carbons (Fsp3) is 0.0980. The molecule has 272 valence electrons. The van der Waals surface area contributed by atoms with Gasteiger partial charge in [0.2, 0.25) is 0 Å². The maximum atomic E-state index is 11.2. The number of allylic oxidation sites excluding steroid dienone is 4. The SMILES string of the molecule is [B]/C(CO)=C(\O)C/C(=C(/O)C([B])C)c1cccc(-c2c3ccccc3c(C3=c4c(oc5c4ccc4cc(-c6ccccc6)ccc45)=CCC=C3)c3ccccc23)c1. The number of furan rings is 1. The molecule has 0 fully saturated rings. The fourth-order valence-corrected chi connectivity index (χ4v) is 8.37. The first-order valence-electron chi connectivity index (χ1n) is 19.2. The van der Waals surface area contributed by atoms with Crippen LogP contribution in [0.25, 0.3) is 82.8 Å². The number of hydrogen-bond donors (Lipinski definition) is 3. The van der Waals surface area contributed by atoms with Crippen molar-refractivity contribution in [2.24, 2.45) is 0 Å². The van der Waals surface area contributed by atoms with E-state index in [0.717, 1.165) is 82.6 Å². The van der Waals surface area contributed by atoms with Crippen LogP contribution >= 0.6 is 0 Å². The molecule has 0 bridgehead atoms. The second kappa shape index (κ2) is 14.9. The lowest BCUT2D eigenvalue weighted by Gasteiger charge is -2.20. The Morgan fingerprint density at radius 1 is 0.684 bits per heavy atom. The highest BCUT2D eigenvalue weighted by Gasteiger charge is 2.22. The Morgan fingerprint density at radius 2 is 1.33 bits per heavy atom. The second-order valence-electron chi connectivity index (χ2n) is 14.7. The molecule has 1 aliphatic carbocycles. The molecule has 0 saturated carbocycles. The largest absolute Gasteiger partial charge is 0.513 e. The van der Waals surface area contributed by atoms with Gasteiger partial charge in [0.25, 0.3) is 0 Å². The summed E-state index contributed by atoms with van der Waals surface area (Å²) in [6.07, 6.45) is 7.29. The van der Waals surface area contributed by atoms with Gasteiger partial charge in [-0.25, -0.2) is 0 Å². The number of fused-ring (bicyclic) bond motifs is 7. The molecular formula is C51H38B2O4. The van der Waals surface area contributed by atoms with Crippen molar-refractivity contribution in [3.63, 3.8) is 0 Å². The lowest BCUT2D eigenvalue weighted by atomic mass is 9.81. The van der Waals surface area contributed by atoms with Crippen molar-refractivity contribution in [2.45, 2.75) is 25.6 Å². The van der Waals surface area contributed by atoms with Crippen LogP contribution in [0.15, 0.2) is 167 Å². The summed E-state index contributed by atoms with van der Waals surface area (Å²) in [5.74, 6) is -0.967. The molecule has 57 heavy (non-hydrogen) atoms. The molecule has 4 radical (unpaired) electrons. The zero-order valence-corrected chi connectivity index (χ0v) is 31.5. The van der Waals surface area contributed by atoms with Gasteiger partial charge in [0, 0.05) is 28.0 Å². The second-order valence-corrected chi connectivity index (χ2v) is 14.7. The van der Waals surface area contributed by atoms with E-state index in [4.69, 9.17) is 20.1 Å². The Morgan fingerprint density at radius 3 is 2.02 bits per heavy atom.